The molecule has 2 aromatic carbocycles. The molecule has 4 bridgehead atoms. The number of carbonyl (C=O) groups is 3. The van der Waals surface area contributed by atoms with Gasteiger partial charge in [-0.1, -0.05) is 12.1 Å². The van der Waals surface area contributed by atoms with E-state index in [-0.39, 0.29) is 43.6 Å². The number of esters is 2. The third kappa shape index (κ3) is 3.79. The van der Waals surface area contributed by atoms with E-state index < -0.39 is 46.6 Å². The molecular formula is C30H28N3O9S-. The lowest BCUT2D eigenvalue weighted by Gasteiger charge is -2.62. The molecule has 0 radical (unpaired) electrons. The number of rotatable bonds is 2. The van der Waals surface area contributed by atoms with Gasteiger partial charge in [0.1, 0.15) is 12.4 Å². The Hall–Kier alpha value is -3.99. The molecule has 224 valence electrons. The van der Waals surface area contributed by atoms with Gasteiger partial charge in [-0.2, -0.15) is 5.26 Å². The van der Waals surface area contributed by atoms with Crippen LogP contribution in [0.2, 0.25) is 0 Å². The van der Waals surface area contributed by atoms with E-state index in [2.05, 4.69) is 6.07 Å². The summed E-state index contributed by atoms with van der Waals surface area (Å²) in [6.45, 7) is 4.67. The zero-order valence-electron chi connectivity index (χ0n) is 23.9. The number of nitriles is 1. The number of thioether (sulfide) groups is 1. The Morgan fingerprint density at radius 2 is 1.95 bits per heavy atom. The number of fused-ring (bicyclic) bond motifs is 6. The van der Waals surface area contributed by atoms with Crippen LogP contribution in [-0.2, 0) is 25.5 Å². The van der Waals surface area contributed by atoms with Crippen molar-refractivity contribution >= 4 is 29.5 Å². The molecule has 2 aromatic rings. The van der Waals surface area contributed by atoms with Gasteiger partial charge in [0, 0.05) is 41.3 Å². The monoisotopic (exact) mass is 606 g/mol. The maximum atomic E-state index is 12.8. The number of Topliss-reactive ketones (excluding diaryl/α,β-unsaturated/α-hetero) is 1. The summed E-state index contributed by atoms with van der Waals surface area (Å²) in [6.07, 6.45) is 0.228. The van der Waals surface area contributed by atoms with E-state index in [1.165, 1.54) is 25.8 Å². The number of ketones is 1. The quantitative estimate of drug-likeness (QED) is 0.303. The molecule has 6 heterocycles. The zero-order chi connectivity index (χ0) is 30.4. The second kappa shape index (κ2) is 9.77. The zero-order valence-corrected chi connectivity index (χ0v) is 24.7. The second-order valence-corrected chi connectivity index (χ2v) is 12.5. The van der Waals surface area contributed by atoms with Crippen LogP contribution in [0.1, 0.15) is 57.6 Å². The predicted molar refractivity (Wildman–Crippen MR) is 151 cm³/mol. The summed E-state index contributed by atoms with van der Waals surface area (Å²) in [5, 5.41) is 26.9. The van der Waals surface area contributed by atoms with Gasteiger partial charge in [-0.3, -0.25) is 14.5 Å². The molecule has 0 spiro atoms. The van der Waals surface area contributed by atoms with Gasteiger partial charge in [-0.25, -0.2) is 4.79 Å². The molecule has 6 atom stereocenters. The van der Waals surface area contributed by atoms with Gasteiger partial charge in [-0.15, -0.1) is 18.3 Å². The number of cyclic esters (lactones) is 1. The van der Waals surface area contributed by atoms with Crippen molar-refractivity contribution in [2.75, 3.05) is 32.8 Å². The summed E-state index contributed by atoms with van der Waals surface area (Å²) in [4.78, 5) is 40.1. The van der Waals surface area contributed by atoms with Crippen molar-refractivity contribution in [3.05, 3.63) is 44.8 Å². The fraction of sp³-hybridized carbons (Fsp3) is 0.467. The maximum absolute atomic E-state index is 12.8. The van der Waals surface area contributed by atoms with E-state index in [1.54, 1.807) is 6.92 Å². The highest BCUT2D eigenvalue weighted by Gasteiger charge is 2.58. The van der Waals surface area contributed by atoms with Gasteiger partial charge in [0.15, 0.2) is 23.0 Å². The number of carbonyl (C=O) groups excluding carboxylic acids is 3. The van der Waals surface area contributed by atoms with Crippen molar-refractivity contribution in [3.8, 4) is 34.8 Å². The van der Waals surface area contributed by atoms with Gasteiger partial charge in [0.05, 0.1) is 30.5 Å². The largest absolute Gasteiger partial charge is 0.652 e. The van der Waals surface area contributed by atoms with Crippen LogP contribution in [0, 0.1) is 25.2 Å². The van der Waals surface area contributed by atoms with Crippen molar-refractivity contribution in [2.45, 2.75) is 56.1 Å². The van der Waals surface area contributed by atoms with E-state index >= 15 is 0 Å². The Bertz CT molecular complexity index is 1670. The molecule has 6 aliphatic rings. The molecular weight excluding hydrogens is 578 g/mol. The number of aryl methyl sites for hydroxylation is 1. The Morgan fingerprint density at radius 1 is 1.19 bits per heavy atom. The molecule has 6 aliphatic heterocycles. The van der Waals surface area contributed by atoms with Crippen LogP contribution in [0.25, 0.3) is 5.32 Å². The summed E-state index contributed by atoms with van der Waals surface area (Å²) in [6, 6.07) is 2.38. The van der Waals surface area contributed by atoms with Crippen molar-refractivity contribution < 1.29 is 43.2 Å². The minimum absolute atomic E-state index is 0.0513. The average Bonchev–Trinajstić information content (AvgIpc) is 3.36. The summed E-state index contributed by atoms with van der Waals surface area (Å²) >= 11 is 1.18. The van der Waals surface area contributed by atoms with E-state index in [9.17, 15) is 24.8 Å². The Morgan fingerprint density at radius 3 is 2.67 bits per heavy atom. The van der Waals surface area contributed by atoms with Crippen molar-refractivity contribution in [2.24, 2.45) is 0 Å². The molecule has 0 aromatic heterocycles. The number of nitrogens with zero attached hydrogens (tertiary/aromatic N) is 3. The number of piperazine rings is 1. The Labute approximate surface area is 251 Å². The number of hydrogen-bond acceptors (Lipinski definition) is 12. The lowest BCUT2D eigenvalue weighted by molar-refractivity contribution is -0.155. The summed E-state index contributed by atoms with van der Waals surface area (Å²) in [7, 11) is 1.48. The SMILES string of the molecule is COc1c(C)cc2c(c1O)[C@H]1[N-]C[C@@](C#N)(C2)N2[C@H]1[C@@H]1SCC(=O)C(=O)OC[C@H]2c2c3c(c(C)c(OC(C)=O)c21)OCO3. The standard InChI is InChI=1S/C30H28N3O9S/c1-12-5-15-6-30(9-31)10-32-21(18(15)23(36)24(12)38-4)22-28-20-19(16(33(22)30)7-39-29(37)17(35)8-43-28)27-26(40-11-41-27)13(2)25(20)42-14(3)34/h5,16,21-22,28,36H,6-8,10-11H2,1-4H3/q-1/t16-,21+,22+,28+,30-/m0/s1. The minimum Gasteiger partial charge on any atom is -0.652 e. The highest BCUT2D eigenvalue weighted by molar-refractivity contribution is 8.00. The number of methoxy groups -OCH3 is 1. The van der Waals surface area contributed by atoms with Gasteiger partial charge < -0.3 is 34.1 Å². The van der Waals surface area contributed by atoms with Gasteiger partial charge >= 0.3 is 11.9 Å². The third-order valence-electron chi connectivity index (χ3n) is 9.02. The first-order valence-corrected chi connectivity index (χ1v) is 14.9. The van der Waals surface area contributed by atoms with Crippen molar-refractivity contribution in [1.29, 1.82) is 5.26 Å². The average molecular weight is 607 g/mol. The number of ether oxygens (including phenoxy) is 5. The van der Waals surface area contributed by atoms with Crippen LogP contribution < -0.4 is 18.9 Å². The predicted octanol–water partition coefficient (Wildman–Crippen LogP) is 3.24. The summed E-state index contributed by atoms with van der Waals surface area (Å²) in [5.41, 5.74) is 2.52. The van der Waals surface area contributed by atoms with Crippen LogP contribution in [-0.4, -0.2) is 72.1 Å². The minimum atomic E-state index is -1.21. The van der Waals surface area contributed by atoms with Crippen LogP contribution >= 0.6 is 11.8 Å². The highest BCUT2D eigenvalue weighted by Crippen LogP contribution is 2.65. The number of phenols is 1. The van der Waals surface area contributed by atoms with E-state index in [1.807, 2.05) is 17.9 Å². The van der Waals surface area contributed by atoms with Crippen LogP contribution in [0.3, 0.4) is 0 Å². The first kappa shape index (κ1) is 27.8. The molecule has 2 saturated heterocycles. The molecule has 13 heteroatoms. The fourth-order valence-corrected chi connectivity index (χ4v) is 8.79. The smallest absolute Gasteiger partial charge is 0.375 e. The topological polar surface area (TPSA) is 159 Å². The number of benzene rings is 2. The number of hydrogen-bond donors (Lipinski definition) is 1. The molecule has 1 unspecified atom stereocenters. The number of phenolic OH excluding ortho intramolecular Hbond substituents is 1. The first-order valence-electron chi connectivity index (χ1n) is 13.8. The van der Waals surface area contributed by atoms with Gasteiger partial charge in [0.2, 0.25) is 12.6 Å². The molecule has 12 nitrogen and oxygen atoms in total. The molecule has 2 fully saturated rings. The first-order chi connectivity index (χ1) is 20.6. The number of aromatic hydroxyl groups is 1. The van der Waals surface area contributed by atoms with Crippen LogP contribution in [0.5, 0.6) is 28.7 Å². The lowest BCUT2D eigenvalue weighted by Crippen LogP contribution is -2.64. The molecule has 8 rings (SSSR count). The normalized spacial score (nSPS) is 29.9. The summed E-state index contributed by atoms with van der Waals surface area (Å²) in [5.74, 6) is -1.09. The fourth-order valence-electron chi connectivity index (χ4n) is 7.46. The van der Waals surface area contributed by atoms with E-state index in [0.29, 0.717) is 45.1 Å². The summed E-state index contributed by atoms with van der Waals surface area (Å²) < 4.78 is 28.9. The third-order valence-corrected chi connectivity index (χ3v) is 10.3. The molecule has 0 amide bonds. The Balaban J connectivity index is 1.57. The molecule has 0 aliphatic carbocycles. The van der Waals surface area contributed by atoms with E-state index in [4.69, 9.17) is 29.0 Å². The van der Waals surface area contributed by atoms with Crippen LogP contribution in [0.4, 0.5) is 0 Å². The van der Waals surface area contributed by atoms with Crippen LogP contribution in [0.15, 0.2) is 6.07 Å². The van der Waals surface area contributed by atoms with Gasteiger partial charge in [0.25, 0.3) is 0 Å². The van der Waals surface area contributed by atoms with E-state index in [0.717, 1.165) is 5.56 Å². The maximum Gasteiger partial charge on any atom is 0.375 e. The highest BCUT2D eigenvalue weighted by atomic mass is 32.2. The second-order valence-electron chi connectivity index (χ2n) is 11.4. The molecule has 0 saturated carbocycles. The van der Waals surface area contributed by atoms with Gasteiger partial charge in [-0.05, 0) is 30.5 Å². The Kier molecular flexibility index (Phi) is 6.32. The molecule has 1 N–H and O–H groups in total. The van der Waals surface area contributed by atoms with Crippen molar-refractivity contribution in [1.82, 2.24) is 4.90 Å². The van der Waals surface area contributed by atoms with Crippen molar-refractivity contribution in [3.63, 3.8) is 0 Å². The molecule has 43 heavy (non-hydrogen) atoms. The lowest BCUT2D eigenvalue weighted by atomic mass is 9.76.